The fourth-order valence-corrected chi connectivity index (χ4v) is 1.89. The van der Waals surface area contributed by atoms with Gasteiger partial charge >= 0.3 is 25.8 Å². The van der Waals surface area contributed by atoms with Crippen molar-refractivity contribution < 1.29 is 9.90 Å². The van der Waals surface area contributed by atoms with Crippen LogP contribution in [0.1, 0.15) is 32.1 Å². The van der Waals surface area contributed by atoms with E-state index in [0.717, 1.165) is 25.7 Å². The molecular formula is C7H14BrGaO2. The summed E-state index contributed by atoms with van der Waals surface area (Å²) in [6, 6.07) is 0. The van der Waals surface area contributed by atoms with Crippen LogP contribution in [-0.4, -0.2) is 35.2 Å². The molecule has 0 heterocycles. The van der Waals surface area contributed by atoms with E-state index in [0.29, 0.717) is 0 Å². The first-order valence-corrected chi connectivity index (χ1v) is 4.37. The van der Waals surface area contributed by atoms with Crippen LogP contribution in [0.2, 0.25) is 0 Å². The van der Waals surface area contributed by atoms with Gasteiger partial charge in [0.1, 0.15) is 4.32 Å². The first-order chi connectivity index (χ1) is 4.65. The number of hydrogen-bond acceptors (Lipinski definition) is 1. The van der Waals surface area contributed by atoms with Gasteiger partial charge in [0.05, 0.1) is 0 Å². The van der Waals surface area contributed by atoms with Crippen molar-refractivity contribution in [2.24, 2.45) is 0 Å². The number of rotatable bonds is 1. The summed E-state index contributed by atoms with van der Waals surface area (Å²) < 4.78 is -0.592. The van der Waals surface area contributed by atoms with E-state index in [4.69, 9.17) is 5.11 Å². The van der Waals surface area contributed by atoms with Crippen molar-refractivity contribution >= 4 is 41.7 Å². The van der Waals surface area contributed by atoms with E-state index < -0.39 is 10.3 Å². The summed E-state index contributed by atoms with van der Waals surface area (Å²) in [4.78, 5) is 10.6. The molecule has 0 aromatic carbocycles. The van der Waals surface area contributed by atoms with Crippen LogP contribution in [0.4, 0.5) is 0 Å². The Labute approximate surface area is 87.9 Å². The Morgan fingerprint density at radius 2 is 1.73 bits per heavy atom. The van der Waals surface area contributed by atoms with Crippen molar-refractivity contribution in [3.05, 3.63) is 0 Å². The van der Waals surface area contributed by atoms with Gasteiger partial charge in [-0.25, -0.2) is 0 Å². The van der Waals surface area contributed by atoms with Crippen LogP contribution in [-0.2, 0) is 4.79 Å². The molecule has 1 fully saturated rings. The molecule has 0 unspecified atom stereocenters. The number of hydrogen-bond donors (Lipinski definition) is 1. The first kappa shape index (κ1) is 11.6. The maximum absolute atomic E-state index is 10.6. The van der Waals surface area contributed by atoms with E-state index in [1.807, 2.05) is 0 Å². The summed E-state index contributed by atoms with van der Waals surface area (Å²) in [5, 5.41) is 8.75. The summed E-state index contributed by atoms with van der Waals surface area (Å²) in [6.45, 7) is 0. The minimum absolute atomic E-state index is 0. The third-order valence-corrected chi connectivity index (χ3v) is 3.16. The van der Waals surface area contributed by atoms with Crippen molar-refractivity contribution in [2.45, 2.75) is 36.4 Å². The molecule has 1 aliphatic carbocycles. The quantitative estimate of drug-likeness (QED) is 0.574. The molecule has 0 aliphatic heterocycles. The Morgan fingerprint density at radius 1 is 1.27 bits per heavy atom. The van der Waals surface area contributed by atoms with Crippen LogP contribution in [0.25, 0.3) is 0 Å². The van der Waals surface area contributed by atoms with Gasteiger partial charge in [0.15, 0.2) is 0 Å². The molecule has 0 aromatic heterocycles. The van der Waals surface area contributed by atoms with Crippen LogP contribution in [0.5, 0.6) is 0 Å². The summed E-state index contributed by atoms with van der Waals surface area (Å²) in [6.07, 6.45) is 4.82. The van der Waals surface area contributed by atoms with Crippen LogP contribution < -0.4 is 0 Å². The number of aliphatic carboxylic acids is 1. The van der Waals surface area contributed by atoms with E-state index in [9.17, 15) is 4.79 Å². The summed E-state index contributed by atoms with van der Waals surface area (Å²) >= 11 is 3.26. The predicted octanol–water partition coefficient (Wildman–Crippen LogP) is 0.985. The molecule has 0 atom stereocenters. The fourth-order valence-electron chi connectivity index (χ4n) is 1.33. The molecule has 1 aliphatic rings. The molecule has 4 heteroatoms. The van der Waals surface area contributed by atoms with Gasteiger partial charge in [-0.15, -0.1) is 0 Å². The van der Waals surface area contributed by atoms with Gasteiger partial charge in [-0.1, -0.05) is 35.2 Å². The molecule has 0 aromatic rings. The van der Waals surface area contributed by atoms with Crippen LogP contribution >= 0.6 is 15.9 Å². The summed E-state index contributed by atoms with van der Waals surface area (Å²) in [7, 11) is 0. The molecule has 0 saturated heterocycles. The molecule has 0 bridgehead atoms. The number of carbonyl (C=O) groups is 1. The third-order valence-electron chi connectivity index (χ3n) is 2.03. The van der Waals surface area contributed by atoms with Crippen LogP contribution in [0.15, 0.2) is 0 Å². The molecule has 1 rings (SSSR count). The second kappa shape index (κ2) is 4.57. The molecule has 0 spiro atoms. The Hall–Kier alpha value is 0.586. The minimum atomic E-state index is -0.702. The number of alkyl halides is 1. The zero-order valence-electron chi connectivity index (χ0n) is 5.77. The zero-order chi connectivity index (χ0) is 7.61. The summed E-state index contributed by atoms with van der Waals surface area (Å²) in [5.41, 5.74) is 0. The molecule has 1 saturated carbocycles. The zero-order valence-corrected chi connectivity index (χ0v) is 7.35. The van der Waals surface area contributed by atoms with Gasteiger partial charge in [0, 0.05) is 0 Å². The Balaban J connectivity index is 0.000001000. The van der Waals surface area contributed by atoms with Crippen molar-refractivity contribution in [1.29, 1.82) is 0 Å². The molecule has 0 amide bonds. The van der Waals surface area contributed by atoms with Crippen molar-refractivity contribution in [1.82, 2.24) is 0 Å². The number of halogens is 1. The maximum atomic E-state index is 10.6. The van der Waals surface area contributed by atoms with Crippen molar-refractivity contribution in [3.8, 4) is 0 Å². The van der Waals surface area contributed by atoms with Gasteiger partial charge in [-0.3, -0.25) is 4.79 Å². The molecule has 64 valence electrons. The Morgan fingerprint density at radius 3 is 2.00 bits per heavy atom. The Kier molecular flexibility index (Phi) is 4.82. The van der Waals surface area contributed by atoms with E-state index in [1.54, 1.807) is 0 Å². The van der Waals surface area contributed by atoms with Crippen molar-refractivity contribution in [3.63, 3.8) is 0 Å². The molecule has 2 nitrogen and oxygen atoms in total. The third kappa shape index (κ3) is 2.84. The normalized spacial score (nSPS) is 21.9. The van der Waals surface area contributed by atoms with Gasteiger partial charge in [0.2, 0.25) is 0 Å². The average molecular weight is 280 g/mol. The van der Waals surface area contributed by atoms with Gasteiger partial charge in [-0.2, -0.15) is 0 Å². The molecule has 0 radical (unpaired) electrons. The van der Waals surface area contributed by atoms with E-state index in [-0.39, 0.29) is 19.8 Å². The first-order valence-electron chi connectivity index (χ1n) is 3.57. The SMILES string of the molecule is O=C(O)C1(Br)CCCCC1.[GaH3]. The predicted molar refractivity (Wildman–Crippen MR) is 52.3 cm³/mol. The topological polar surface area (TPSA) is 37.3 Å². The fraction of sp³-hybridized carbons (Fsp3) is 0.857. The van der Waals surface area contributed by atoms with E-state index in [1.165, 1.54) is 6.42 Å². The Bertz CT molecular complexity index is 143. The van der Waals surface area contributed by atoms with E-state index >= 15 is 0 Å². The van der Waals surface area contributed by atoms with Crippen LogP contribution in [0.3, 0.4) is 0 Å². The number of carboxylic acids is 1. The summed E-state index contributed by atoms with van der Waals surface area (Å²) in [5.74, 6) is -0.702. The number of carboxylic acid groups (broad SMARTS) is 1. The monoisotopic (exact) mass is 278 g/mol. The van der Waals surface area contributed by atoms with Crippen LogP contribution in [0, 0.1) is 0 Å². The molecule has 1 N–H and O–H groups in total. The standard InChI is InChI=1S/C7H11BrO2.Ga.3H/c8-7(6(9)10)4-2-1-3-5-7;;;;/h1-5H2,(H,9,10);;;;. The average Bonchev–Trinajstić information content (AvgIpc) is 1.89. The van der Waals surface area contributed by atoms with Crippen molar-refractivity contribution in [2.75, 3.05) is 0 Å². The second-order valence-electron chi connectivity index (χ2n) is 2.83. The molecule has 11 heavy (non-hydrogen) atoms. The van der Waals surface area contributed by atoms with Gasteiger partial charge in [-0.05, 0) is 12.8 Å². The second-order valence-corrected chi connectivity index (χ2v) is 4.35. The molecular weight excluding hydrogens is 266 g/mol. The van der Waals surface area contributed by atoms with Gasteiger partial charge < -0.3 is 5.11 Å². The van der Waals surface area contributed by atoms with E-state index in [2.05, 4.69) is 15.9 Å². The van der Waals surface area contributed by atoms with Gasteiger partial charge in [0.25, 0.3) is 0 Å².